The molecule has 0 fully saturated rings. The van der Waals surface area contributed by atoms with Gasteiger partial charge in [-0.05, 0) is 62.9 Å². The van der Waals surface area contributed by atoms with Gasteiger partial charge in [-0.3, -0.25) is 13.9 Å². The molecule has 0 unspecified atom stereocenters. The van der Waals surface area contributed by atoms with Crippen molar-refractivity contribution in [3.05, 3.63) is 64.2 Å². The molecule has 0 bridgehead atoms. The Kier molecular flexibility index (Phi) is 9.53. The third-order valence-corrected chi connectivity index (χ3v) is 7.17. The first kappa shape index (κ1) is 27.7. The van der Waals surface area contributed by atoms with E-state index in [0.29, 0.717) is 10.7 Å². The van der Waals surface area contributed by atoms with E-state index in [2.05, 4.69) is 5.32 Å². The largest absolute Gasteiger partial charge is 0.352 e. The van der Waals surface area contributed by atoms with Gasteiger partial charge in [0.2, 0.25) is 21.8 Å². The second-order valence-corrected chi connectivity index (χ2v) is 11.0. The number of hydrogen-bond acceptors (Lipinski definition) is 4. The van der Waals surface area contributed by atoms with Crippen molar-refractivity contribution in [3.63, 3.8) is 0 Å². The Labute approximate surface area is 208 Å². The number of benzene rings is 2. The average molecular weight is 508 g/mol. The standard InChI is InChI=1S/C25H34ClN3O4S/c1-7-19(4)27-25(31)20(5)28(15-21-11-13-22(26)14-12-21)23(30)16-29(34(6,32)33)24-17(2)9-8-10-18(24)3/h8-14,19-20H,7,15-16H2,1-6H3,(H,27,31)/t19-,20+/m1/s1. The number of nitrogens with zero attached hydrogens (tertiary/aromatic N) is 2. The molecule has 2 rings (SSSR count). The monoisotopic (exact) mass is 507 g/mol. The molecule has 0 heterocycles. The van der Waals surface area contributed by atoms with Gasteiger partial charge in [0.1, 0.15) is 12.6 Å². The second kappa shape index (κ2) is 11.7. The van der Waals surface area contributed by atoms with Gasteiger partial charge >= 0.3 is 0 Å². The molecule has 2 aromatic carbocycles. The van der Waals surface area contributed by atoms with E-state index in [1.54, 1.807) is 57.2 Å². The molecule has 0 radical (unpaired) electrons. The van der Waals surface area contributed by atoms with Crippen LogP contribution in [0.5, 0.6) is 0 Å². The van der Waals surface area contributed by atoms with Gasteiger partial charge in [0.25, 0.3) is 0 Å². The molecule has 9 heteroatoms. The molecule has 7 nitrogen and oxygen atoms in total. The van der Waals surface area contributed by atoms with Crippen LogP contribution in [0, 0.1) is 13.8 Å². The molecule has 2 aromatic rings. The molecular formula is C25H34ClN3O4S. The zero-order chi connectivity index (χ0) is 25.6. The predicted molar refractivity (Wildman–Crippen MR) is 137 cm³/mol. The lowest BCUT2D eigenvalue weighted by Crippen LogP contribution is -2.52. The van der Waals surface area contributed by atoms with Crippen molar-refractivity contribution in [1.29, 1.82) is 0 Å². The molecule has 0 saturated carbocycles. The van der Waals surface area contributed by atoms with Crippen LogP contribution in [0.4, 0.5) is 5.69 Å². The molecule has 186 valence electrons. The van der Waals surface area contributed by atoms with Crippen LogP contribution in [0.15, 0.2) is 42.5 Å². The lowest BCUT2D eigenvalue weighted by Gasteiger charge is -2.32. The number of hydrogen-bond donors (Lipinski definition) is 1. The van der Waals surface area contributed by atoms with E-state index in [1.807, 2.05) is 19.9 Å². The van der Waals surface area contributed by atoms with E-state index in [1.165, 1.54) is 4.90 Å². The molecule has 0 aliphatic carbocycles. The van der Waals surface area contributed by atoms with Crippen LogP contribution in [-0.2, 0) is 26.2 Å². The van der Waals surface area contributed by atoms with Gasteiger partial charge in [-0.2, -0.15) is 0 Å². The van der Waals surface area contributed by atoms with E-state index in [9.17, 15) is 18.0 Å². The van der Waals surface area contributed by atoms with Gasteiger partial charge < -0.3 is 10.2 Å². The lowest BCUT2D eigenvalue weighted by molar-refractivity contribution is -0.139. The van der Waals surface area contributed by atoms with Crippen LogP contribution in [-0.4, -0.2) is 50.0 Å². The number of sulfonamides is 1. The van der Waals surface area contributed by atoms with Crippen molar-refractivity contribution in [2.75, 3.05) is 17.1 Å². The molecule has 0 aromatic heterocycles. The Morgan fingerprint density at radius 3 is 2.09 bits per heavy atom. The van der Waals surface area contributed by atoms with E-state index >= 15 is 0 Å². The van der Waals surface area contributed by atoms with Gasteiger partial charge in [0, 0.05) is 17.6 Å². The number of nitrogens with one attached hydrogen (secondary N) is 1. The van der Waals surface area contributed by atoms with Crippen LogP contribution < -0.4 is 9.62 Å². The molecule has 2 atom stereocenters. The van der Waals surface area contributed by atoms with Crippen molar-refractivity contribution in [2.45, 2.75) is 59.7 Å². The Bertz CT molecular complexity index is 1100. The van der Waals surface area contributed by atoms with E-state index in [0.717, 1.165) is 33.7 Å². The quantitative estimate of drug-likeness (QED) is 0.525. The highest BCUT2D eigenvalue weighted by molar-refractivity contribution is 7.92. The summed E-state index contributed by atoms with van der Waals surface area (Å²) in [6.07, 6.45) is 1.83. The topological polar surface area (TPSA) is 86.8 Å². The number of rotatable bonds is 10. The number of aryl methyl sites for hydroxylation is 2. The van der Waals surface area contributed by atoms with Crippen LogP contribution in [0.2, 0.25) is 5.02 Å². The van der Waals surface area contributed by atoms with E-state index < -0.39 is 28.5 Å². The maximum Gasteiger partial charge on any atom is 0.244 e. The third-order valence-electron chi connectivity index (χ3n) is 5.80. The first-order valence-corrected chi connectivity index (χ1v) is 13.5. The highest BCUT2D eigenvalue weighted by Crippen LogP contribution is 2.27. The highest BCUT2D eigenvalue weighted by atomic mass is 35.5. The molecule has 0 spiro atoms. The summed E-state index contributed by atoms with van der Waals surface area (Å²) in [5.41, 5.74) is 2.73. The minimum atomic E-state index is -3.77. The number of para-hydroxylation sites is 1. The van der Waals surface area contributed by atoms with Crippen molar-refractivity contribution in [2.24, 2.45) is 0 Å². The Hall–Kier alpha value is -2.58. The van der Waals surface area contributed by atoms with Gasteiger partial charge in [-0.25, -0.2) is 8.42 Å². The fourth-order valence-electron chi connectivity index (χ4n) is 3.61. The maximum absolute atomic E-state index is 13.6. The summed E-state index contributed by atoms with van der Waals surface area (Å²) in [7, 11) is -3.77. The number of anilines is 1. The Balaban J connectivity index is 2.43. The van der Waals surface area contributed by atoms with Crippen LogP contribution in [0.25, 0.3) is 0 Å². The average Bonchev–Trinajstić information content (AvgIpc) is 2.76. The smallest absolute Gasteiger partial charge is 0.244 e. The second-order valence-electron chi connectivity index (χ2n) is 8.65. The number of halogens is 1. The van der Waals surface area contributed by atoms with Gasteiger partial charge in [-0.1, -0.05) is 48.9 Å². The molecule has 0 aliphatic heterocycles. The summed E-state index contributed by atoms with van der Waals surface area (Å²) in [6, 6.07) is 11.6. The summed E-state index contributed by atoms with van der Waals surface area (Å²) >= 11 is 6.00. The molecule has 1 N–H and O–H groups in total. The van der Waals surface area contributed by atoms with Crippen LogP contribution in [0.3, 0.4) is 0 Å². The van der Waals surface area contributed by atoms with Crippen molar-refractivity contribution >= 4 is 39.1 Å². The maximum atomic E-state index is 13.6. The number of carbonyl (C=O) groups excluding carboxylic acids is 2. The van der Waals surface area contributed by atoms with Crippen molar-refractivity contribution < 1.29 is 18.0 Å². The first-order chi connectivity index (χ1) is 15.8. The summed E-state index contributed by atoms with van der Waals surface area (Å²) < 4.78 is 26.6. The molecule has 0 aliphatic rings. The zero-order valence-corrected chi connectivity index (χ0v) is 22.2. The minimum Gasteiger partial charge on any atom is -0.352 e. The Morgan fingerprint density at radius 2 is 1.59 bits per heavy atom. The van der Waals surface area contributed by atoms with E-state index in [4.69, 9.17) is 11.6 Å². The Morgan fingerprint density at radius 1 is 1.03 bits per heavy atom. The molecular weight excluding hydrogens is 474 g/mol. The summed E-state index contributed by atoms with van der Waals surface area (Å²) in [5.74, 6) is -0.774. The highest BCUT2D eigenvalue weighted by Gasteiger charge is 2.31. The van der Waals surface area contributed by atoms with Gasteiger partial charge in [-0.15, -0.1) is 0 Å². The molecule has 2 amide bonds. The molecule has 0 saturated heterocycles. The fourth-order valence-corrected chi connectivity index (χ4v) is 4.70. The lowest BCUT2D eigenvalue weighted by atomic mass is 10.1. The van der Waals surface area contributed by atoms with Gasteiger partial charge in [0.05, 0.1) is 11.9 Å². The number of amides is 2. The van der Waals surface area contributed by atoms with E-state index in [-0.39, 0.29) is 18.5 Å². The summed E-state index contributed by atoms with van der Waals surface area (Å²) in [4.78, 5) is 27.9. The number of carbonyl (C=O) groups is 2. The van der Waals surface area contributed by atoms with Crippen molar-refractivity contribution in [1.82, 2.24) is 10.2 Å². The van der Waals surface area contributed by atoms with Crippen molar-refractivity contribution in [3.8, 4) is 0 Å². The first-order valence-electron chi connectivity index (χ1n) is 11.2. The predicted octanol–water partition coefficient (Wildman–Crippen LogP) is 4.05. The molecule has 34 heavy (non-hydrogen) atoms. The minimum absolute atomic E-state index is 0.0513. The fraction of sp³-hybridized carbons (Fsp3) is 0.440. The summed E-state index contributed by atoms with van der Waals surface area (Å²) in [5, 5.41) is 3.47. The normalized spacial score (nSPS) is 13.1. The van der Waals surface area contributed by atoms with Crippen LogP contribution >= 0.6 is 11.6 Å². The summed E-state index contributed by atoms with van der Waals surface area (Å²) in [6.45, 7) is 8.82. The SMILES string of the molecule is CC[C@@H](C)NC(=O)[C@H](C)N(Cc1ccc(Cl)cc1)C(=O)CN(c1c(C)cccc1C)S(C)(=O)=O. The zero-order valence-electron chi connectivity index (χ0n) is 20.6. The van der Waals surface area contributed by atoms with Crippen LogP contribution in [0.1, 0.15) is 43.9 Å². The third kappa shape index (κ3) is 7.21. The van der Waals surface area contributed by atoms with Gasteiger partial charge in [0.15, 0.2) is 0 Å².